The van der Waals surface area contributed by atoms with Crippen LogP contribution in [0, 0.1) is 0 Å². The minimum absolute atomic E-state index is 0.0272. The Morgan fingerprint density at radius 2 is 1.93 bits per heavy atom. The zero-order valence-electron chi connectivity index (χ0n) is 15.5. The summed E-state index contributed by atoms with van der Waals surface area (Å²) in [5.41, 5.74) is -0.796. The lowest BCUT2D eigenvalue weighted by atomic mass is 9.78. The summed E-state index contributed by atoms with van der Waals surface area (Å²) in [4.78, 5) is 12.1. The summed E-state index contributed by atoms with van der Waals surface area (Å²) in [7, 11) is 0. The lowest BCUT2D eigenvalue weighted by Gasteiger charge is -2.43. The van der Waals surface area contributed by atoms with Crippen LogP contribution in [0.1, 0.15) is 50.6 Å². The summed E-state index contributed by atoms with van der Waals surface area (Å²) in [6, 6.07) is 6.01. The minimum Gasteiger partial charge on any atom is -0.375 e. The lowest BCUT2D eigenvalue weighted by Crippen LogP contribution is -2.45. The molecule has 1 saturated carbocycles. The number of nitrogens with zero attached hydrogens (tertiary/aromatic N) is 3. The largest absolute Gasteiger partial charge is 0.433 e. The molecule has 0 aromatic carbocycles. The van der Waals surface area contributed by atoms with E-state index in [9.17, 15) is 13.2 Å². The molecular formula is C20H23F3N4O. The molecule has 4 rings (SSSR count). The SMILES string of the molecule is FC(F)(F)c1cc(NC2CCOC3(CCCCC3)C2)nc(-c2ccccn2)n1. The first-order chi connectivity index (χ1) is 13.4. The van der Waals surface area contributed by atoms with Crippen LogP contribution in [0.3, 0.4) is 0 Å². The quantitative estimate of drug-likeness (QED) is 0.809. The van der Waals surface area contributed by atoms with Crippen LogP contribution < -0.4 is 5.32 Å². The van der Waals surface area contributed by atoms with Gasteiger partial charge in [0.05, 0.1) is 5.60 Å². The number of anilines is 1. The van der Waals surface area contributed by atoms with Crippen molar-refractivity contribution in [1.82, 2.24) is 15.0 Å². The summed E-state index contributed by atoms with van der Waals surface area (Å²) in [5.74, 6) is 0.151. The van der Waals surface area contributed by atoms with Crippen molar-refractivity contribution in [2.24, 2.45) is 0 Å². The third kappa shape index (κ3) is 4.27. The molecule has 2 fully saturated rings. The average molecular weight is 392 g/mol. The highest BCUT2D eigenvalue weighted by Gasteiger charge is 2.39. The summed E-state index contributed by atoms with van der Waals surface area (Å²) in [6.07, 6.45) is 4.02. The molecule has 0 radical (unpaired) electrons. The molecular weight excluding hydrogens is 369 g/mol. The molecule has 1 spiro atoms. The monoisotopic (exact) mass is 392 g/mol. The first-order valence-corrected chi connectivity index (χ1v) is 9.72. The van der Waals surface area contributed by atoms with Gasteiger partial charge in [-0.2, -0.15) is 13.2 Å². The van der Waals surface area contributed by atoms with Gasteiger partial charge >= 0.3 is 6.18 Å². The fraction of sp³-hybridized carbons (Fsp3) is 0.550. The lowest BCUT2D eigenvalue weighted by molar-refractivity contribution is -0.141. The number of ether oxygens (including phenoxy) is 1. The van der Waals surface area contributed by atoms with Gasteiger partial charge in [-0.05, 0) is 37.8 Å². The van der Waals surface area contributed by atoms with E-state index in [2.05, 4.69) is 20.3 Å². The average Bonchev–Trinajstić information content (AvgIpc) is 2.68. The number of hydrogen-bond donors (Lipinski definition) is 1. The zero-order valence-corrected chi connectivity index (χ0v) is 15.5. The highest BCUT2D eigenvalue weighted by Crippen LogP contribution is 2.39. The van der Waals surface area contributed by atoms with Gasteiger partial charge in [0.1, 0.15) is 11.5 Å². The molecule has 0 bridgehead atoms. The molecule has 150 valence electrons. The van der Waals surface area contributed by atoms with Crippen LogP contribution in [0.2, 0.25) is 0 Å². The van der Waals surface area contributed by atoms with Gasteiger partial charge in [0, 0.05) is 24.9 Å². The Morgan fingerprint density at radius 3 is 2.64 bits per heavy atom. The Labute approximate surface area is 161 Å². The molecule has 28 heavy (non-hydrogen) atoms. The fourth-order valence-corrected chi connectivity index (χ4v) is 4.18. The predicted molar refractivity (Wildman–Crippen MR) is 98.7 cm³/mol. The standard InChI is InChI=1S/C20H23F3N4O/c21-20(22,23)16-12-17(27-18(26-16)15-6-2-5-10-24-15)25-14-7-11-28-19(13-14)8-3-1-4-9-19/h2,5-6,10,12,14H,1,3-4,7-9,11,13H2,(H,25,26,27). The predicted octanol–water partition coefficient (Wildman–Crippen LogP) is 4.85. The molecule has 8 heteroatoms. The molecule has 0 amide bonds. The molecule has 5 nitrogen and oxygen atoms in total. The van der Waals surface area contributed by atoms with Crippen LogP contribution in [0.4, 0.5) is 19.0 Å². The van der Waals surface area contributed by atoms with Crippen LogP contribution in [0.25, 0.3) is 11.5 Å². The summed E-state index contributed by atoms with van der Waals surface area (Å²) >= 11 is 0. The maximum Gasteiger partial charge on any atom is 0.433 e. The first kappa shape index (κ1) is 19.1. The second-order valence-corrected chi connectivity index (χ2v) is 7.60. The number of pyridine rings is 1. The van der Waals surface area contributed by atoms with Crippen molar-refractivity contribution in [1.29, 1.82) is 0 Å². The van der Waals surface area contributed by atoms with E-state index in [1.165, 1.54) is 12.6 Å². The van der Waals surface area contributed by atoms with E-state index in [4.69, 9.17) is 4.74 Å². The normalized spacial score (nSPS) is 22.2. The maximum absolute atomic E-state index is 13.4. The zero-order chi connectivity index (χ0) is 19.6. The van der Waals surface area contributed by atoms with Gasteiger partial charge in [0.25, 0.3) is 0 Å². The Kier molecular flexibility index (Phi) is 5.23. The van der Waals surface area contributed by atoms with Crippen molar-refractivity contribution in [3.05, 3.63) is 36.2 Å². The van der Waals surface area contributed by atoms with Crippen molar-refractivity contribution in [2.45, 2.75) is 62.8 Å². The highest BCUT2D eigenvalue weighted by atomic mass is 19.4. The topological polar surface area (TPSA) is 59.9 Å². The van der Waals surface area contributed by atoms with E-state index < -0.39 is 11.9 Å². The summed E-state index contributed by atoms with van der Waals surface area (Å²) in [5, 5.41) is 3.22. The molecule has 1 aliphatic carbocycles. The van der Waals surface area contributed by atoms with Gasteiger partial charge in [0.2, 0.25) is 0 Å². The molecule has 1 aliphatic heterocycles. The van der Waals surface area contributed by atoms with E-state index in [0.29, 0.717) is 12.3 Å². The molecule has 2 aromatic heterocycles. The summed E-state index contributed by atoms with van der Waals surface area (Å²) in [6.45, 7) is 0.613. The minimum atomic E-state index is -4.55. The van der Waals surface area contributed by atoms with Crippen LogP contribution in [-0.2, 0) is 10.9 Å². The van der Waals surface area contributed by atoms with Crippen LogP contribution in [0.5, 0.6) is 0 Å². The van der Waals surface area contributed by atoms with Gasteiger partial charge in [0.15, 0.2) is 11.5 Å². The Hall–Kier alpha value is -2.22. The maximum atomic E-state index is 13.4. The molecule has 1 saturated heterocycles. The van der Waals surface area contributed by atoms with Gasteiger partial charge in [-0.15, -0.1) is 0 Å². The number of aromatic nitrogens is 3. The van der Waals surface area contributed by atoms with E-state index >= 15 is 0 Å². The van der Waals surface area contributed by atoms with Crippen molar-refractivity contribution in [2.75, 3.05) is 11.9 Å². The van der Waals surface area contributed by atoms with Crippen molar-refractivity contribution < 1.29 is 17.9 Å². The van der Waals surface area contributed by atoms with Crippen LogP contribution in [-0.4, -0.2) is 33.2 Å². The summed E-state index contributed by atoms with van der Waals surface area (Å²) < 4.78 is 46.2. The Balaban J connectivity index is 1.60. The molecule has 2 aromatic rings. The first-order valence-electron chi connectivity index (χ1n) is 9.72. The van der Waals surface area contributed by atoms with Gasteiger partial charge < -0.3 is 10.1 Å². The van der Waals surface area contributed by atoms with Gasteiger partial charge in [-0.3, -0.25) is 4.98 Å². The Bertz CT molecular complexity index is 801. The number of rotatable bonds is 3. The molecule has 3 heterocycles. The molecule has 1 N–H and O–H groups in total. The molecule has 2 aliphatic rings. The Morgan fingerprint density at radius 1 is 1.11 bits per heavy atom. The molecule has 1 unspecified atom stereocenters. The van der Waals surface area contributed by atoms with Gasteiger partial charge in [-0.25, -0.2) is 9.97 Å². The highest BCUT2D eigenvalue weighted by molar-refractivity contribution is 5.53. The number of halogens is 3. The van der Waals surface area contributed by atoms with Gasteiger partial charge in [-0.1, -0.05) is 25.3 Å². The van der Waals surface area contributed by atoms with Crippen molar-refractivity contribution in [3.63, 3.8) is 0 Å². The number of nitrogens with one attached hydrogen (secondary N) is 1. The third-order valence-electron chi connectivity index (χ3n) is 5.52. The van der Waals surface area contributed by atoms with Crippen molar-refractivity contribution in [3.8, 4) is 11.5 Å². The van der Waals surface area contributed by atoms with E-state index in [1.54, 1.807) is 18.2 Å². The van der Waals surface area contributed by atoms with E-state index in [-0.39, 0.29) is 23.3 Å². The fourth-order valence-electron chi connectivity index (χ4n) is 4.18. The smallest absolute Gasteiger partial charge is 0.375 e. The molecule has 1 atom stereocenters. The third-order valence-corrected chi connectivity index (χ3v) is 5.52. The number of hydrogen-bond acceptors (Lipinski definition) is 5. The van der Waals surface area contributed by atoms with Crippen LogP contribution >= 0.6 is 0 Å². The van der Waals surface area contributed by atoms with Crippen LogP contribution in [0.15, 0.2) is 30.5 Å². The van der Waals surface area contributed by atoms with Crippen molar-refractivity contribution >= 4 is 5.82 Å². The second kappa shape index (κ2) is 7.66. The second-order valence-electron chi connectivity index (χ2n) is 7.60. The van der Waals surface area contributed by atoms with E-state index in [0.717, 1.165) is 44.6 Å². The van der Waals surface area contributed by atoms with E-state index in [1.807, 2.05) is 0 Å². The number of alkyl halides is 3.